The molecule has 0 saturated carbocycles. The molecule has 4 heteroatoms. The standard InChI is InChI=1S/C24H33N3O/c1-3-20-9-11-22(12-10-20)17-26(2)19-24(28)25-23-13-15-27(16-14-23)18-21-7-5-4-6-8-21/h4-12,23H,3,13-19H2,1-2H3,(H,25,28). The van der Waals surface area contributed by atoms with E-state index in [0.717, 1.165) is 45.4 Å². The number of hydrogen-bond acceptors (Lipinski definition) is 3. The summed E-state index contributed by atoms with van der Waals surface area (Å²) in [5.41, 5.74) is 3.96. The summed E-state index contributed by atoms with van der Waals surface area (Å²) in [4.78, 5) is 17.0. The molecule has 2 aromatic carbocycles. The van der Waals surface area contributed by atoms with Gasteiger partial charge in [0, 0.05) is 32.2 Å². The average Bonchev–Trinajstić information content (AvgIpc) is 2.70. The number of carbonyl (C=O) groups is 1. The van der Waals surface area contributed by atoms with E-state index in [4.69, 9.17) is 0 Å². The van der Waals surface area contributed by atoms with Gasteiger partial charge in [0.25, 0.3) is 0 Å². The van der Waals surface area contributed by atoms with Gasteiger partial charge in [-0.2, -0.15) is 0 Å². The van der Waals surface area contributed by atoms with Crippen LogP contribution in [0.3, 0.4) is 0 Å². The lowest BCUT2D eigenvalue weighted by Gasteiger charge is -2.32. The number of amides is 1. The molecule has 1 aliphatic heterocycles. The lowest BCUT2D eigenvalue weighted by molar-refractivity contribution is -0.123. The Labute approximate surface area is 169 Å². The number of likely N-dealkylation sites (tertiary alicyclic amines) is 1. The van der Waals surface area contributed by atoms with Gasteiger partial charge >= 0.3 is 0 Å². The van der Waals surface area contributed by atoms with Gasteiger partial charge in [-0.15, -0.1) is 0 Å². The van der Waals surface area contributed by atoms with E-state index in [1.807, 2.05) is 7.05 Å². The summed E-state index contributed by atoms with van der Waals surface area (Å²) in [7, 11) is 2.01. The van der Waals surface area contributed by atoms with Gasteiger partial charge in [-0.05, 0) is 43.0 Å². The van der Waals surface area contributed by atoms with Crippen LogP contribution in [0, 0.1) is 0 Å². The highest BCUT2D eigenvalue weighted by molar-refractivity contribution is 5.78. The molecule has 1 N–H and O–H groups in total. The predicted octanol–water partition coefficient (Wildman–Crippen LogP) is 3.46. The molecular weight excluding hydrogens is 346 g/mol. The molecule has 1 saturated heterocycles. The maximum Gasteiger partial charge on any atom is 0.234 e. The smallest absolute Gasteiger partial charge is 0.234 e. The Hall–Kier alpha value is -2.17. The zero-order valence-corrected chi connectivity index (χ0v) is 17.2. The maximum atomic E-state index is 12.4. The van der Waals surface area contributed by atoms with Gasteiger partial charge in [0.05, 0.1) is 6.54 Å². The van der Waals surface area contributed by atoms with Crippen molar-refractivity contribution in [3.8, 4) is 0 Å². The Morgan fingerprint density at radius 3 is 2.29 bits per heavy atom. The molecule has 150 valence electrons. The van der Waals surface area contributed by atoms with Crippen LogP contribution in [0.2, 0.25) is 0 Å². The van der Waals surface area contributed by atoms with Gasteiger partial charge in [0.1, 0.15) is 0 Å². The van der Waals surface area contributed by atoms with E-state index in [1.165, 1.54) is 16.7 Å². The summed E-state index contributed by atoms with van der Waals surface area (Å²) in [5, 5.41) is 3.23. The third-order valence-electron chi connectivity index (χ3n) is 5.50. The number of hydrogen-bond donors (Lipinski definition) is 1. The Bertz CT molecular complexity index is 721. The maximum absolute atomic E-state index is 12.4. The summed E-state index contributed by atoms with van der Waals surface area (Å²) in [6, 6.07) is 19.6. The number of benzene rings is 2. The Morgan fingerprint density at radius 2 is 1.64 bits per heavy atom. The average molecular weight is 380 g/mol. The summed E-state index contributed by atoms with van der Waals surface area (Å²) < 4.78 is 0. The van der Waals surface area contributed by atoms with E-state index >= 15 is 0 Å². The fraction of sp³-hybridized carbons (Fsp3) is 0.458. The topological polar surface area (TPSA) is 35.6 Å². The summed E-state index contributed by atoms with van der Waals surface area (Å²) in [6.07, 6.45) is 3.12. The zero-order valence-electron chi connectivity index (χ0n) is 17.2. The van der Waals surface area contributed by atoms with E-state index in [1.54, 1.807) is 0 Å². The molecule has 1 fully saturated rings. The van der Waals surface area contributed by atoms with Crippen molar-refractivity contribution in [2.75, 3.05) is 26.7 Å². The molecular formula is C24H33N3O. The van der Waals surface area contributed by atoms with E-state index in [9.17, 15) is 4.79 Å². The van der Waals surface area contributed by atoms with Crippen molar-refractivity contribution in [1.82, 2.24) is 15.1 Å². The first kappa shape index (κ1) is 20.6. The van der Waals surface area contributed by atoms with Crippen LogP contribution in [0.15, 0.2) is 54.6 Å². The monoisotopic (exact) mass is 379 g/mol. The Kier molecular flexibility index (Phi) is 7.63. The van der Waals surface area contributed by atoms with Gasteiger partial charge in [-0.1, -0.05) is 61.5 Å². The molecule has 0 aliphatic carbocycles. The van der Waals surface area contributed by atoms with Gasteiger partial charge < -0.3 is 5.32 Å². The van der Waals surface area contributed by atoms with Gasteiger partial charge in [-0.25, -0.2) is 0 Å². The quantitative estimate of drug-likeness (QED) is 0.763. The number of rotatable bonds is 8. The molecule has 1 amide bonds. The summed E-state index contributed by atoms with van der Waals surface area (Å²) in [6.45, 7) is 6.49. The molecule has 1 aliphatic rings. The molecule has 4 nitrogen and oxygen atoms in total. The molecule has 0 atom stereocenters. The third-order valence-corrected chi connectivity index (χ3v) is 5.50. The van der Waals surface area contributed by atoms with Crippen molar-refractivity contribution in [3.63, 3.8) is 0 Å². The first-order valence-corrected chi connectivity index (χ1v) is 10.4. The summed E-state index contributed by atoms with van der Waals surface area (Å²) >= 11 is 0. The first-order chi connectivity index (χ1) is 13.6. The molecule has 0 aromatic heterocycles. The fourth-order valence-corrected chi connectivity index (χ4v) is 3.84. The van der Waals surface area contributed by atoms with Crippen LogP contribution in [-0.2, 0) is 24.3 Å². The molecule has 0 unspecified atom stereocenters. The van der Waals surface area contributed by atoms with Gasteiger partial charge in [0.15, 0.2) is 0 Å². The normalized spacial score (nSPS) is 15.7. The van der Waals surface area contributed by atoms with Gasteiger partial charge in [-0.3, -0.25) is 14.6 Å². The first-order valence-electron chi connectivity index (χ1n) is 10.4. The number of nitrogens with zero attached hydrogens (tertiary/aromatic N) is 2. The molecule has 0 radical (unpaired) electrons. The second-order valence-electron chi connectivity index (χ2n) is 7.95. The second kappa shape index (κ2) is 10.4. The molecule has 28 heavy (non-hydrogen) atoms. The lowest BCUT2D eigenvalue weighted by Crippen LogP contribution is -2.46. The summed E-state index contributed by atoms with van der Waals surface area (Å²) in [5.74, 6) is 0.134. The molecule has 0 spiro atoms. The van der Waals surface area contributed by atoms with Crippen LogP contribution < -0.4 is 5.32 Å². The van der Waals surface area contributed by atoms with Gasteiger partial charge in [0.2, 0.25) is 5.91 Å². The van der Waals surface area contributed by atoms with Crippen LogP contribution >= 0.6 is 0 Å². The van der Waals surface area contributed by atoms with Crippen LogP contribution in [0.1, 0.15) is 36.5 Å². The predicted molar refractivity (Wildman–Crippen MR) is 115 cm³/mol. The Morgan fingerprint density at radius 1 is 1.00 bits per heavy atom. The molecule has 1 heterocycles. The molecule has 3 rings (SSSR count). The molecule has 2 aromatic rings. The van der Waals surface area contributed by atoms with Crippen LogP contribution in [0.5, 0.6) is 0 Å². The number of piperidine rings is 1. The van der Waals surface area contributed by atoms with Crippen LogP contribution in [0.25, 0.3) is 0 Å². The van der Waals surface area contributed by atoms with Crippen molar-refractivity contribution in [2.24, 2.45) is 0 Å². The Balaban J connectivity index is 1.36. The lowest BCUT2D eigenvalue weighted by atomic mass is 10.0. The van der Waals surface area contributed by atoms with Crippen molar-refractivity contribution in [3.05, 3.63) is 71.3 Å². The minimum atomic E-state index is 0.134. The van der Waals surface area contributed by atoms with Crippen LogP contribution in [0.4, 0.5) is 0 Å². The van der Waals surface area contributed by atoms with E-state index in [-0.39, 0.29) is 5.91 Å². The van der Waals surface area contributed by atoms with E-state index in [0.29, 0.717) is 12.6 Å². The highest BCUT2D eigenvalue weighted by Gasteiger charge is 2.21. The number of carbonyl (C=O) groups excluding carboxylic acids is 1. The van der Waals surface area contributed by atoms with Crippen molar-refractivity contribution < 1.29 is 4.79 Å². The van der Waals surface area contributed by atoms with Crippen molar-refractivity contribution >= 4 is 5.91 Å². The highest BCUT2D eigenvalue weighted by Crippen LogP contribution is 2.14. The number of aryl methyl sites for hydroxylation is 1. The van der Waals surface area contributed by atoms with E-state index < -0.39 is 0 Å². The van der Waals surface area contributed by atoms with Crippen molar-refractivity contribution in [2.45, 2.75) is 45.3 Å². The largest absolute Gasteiger partial charge is 0.352 e. The minimum Gasteiger partial charge on any atom is -0.352 e. The number of likely N-dealkylation sites (N-methyl/N-ethyl adjacent to an activating group) is 1. The van der Waals surface area contributed by atoms with Crippen molar-refractivity contribution in [1.29, 1.82) is 0 Å². The SMILES string of the molecule is CCc1ccc(CN(C)CC(=O)NC2CCN(Cc3ccccc3)CC2)cc1. The third kappa shape index (κ3) is 6.47. The fourth-order valence-electron chi connectivity index (χ4n) is 3.84. The molecule has 0 bridgehead atoms. The van der Waals surface area contributed by atoms with E-state index in [2.05, 4.69) is 76.6 Å². The highest BCUT2D eigenvalue weighted by atomic mass is 16.2. The van der Waals surface area contributed by atoms with Crippen LogP contribution in [-0.4, -0.2) is 48.4 Å². The zero-order chi connectivity index (χ0) is 19.8. The second-order valence-corrected chi connectivity index (χ2v) is 7.95. The minimum absolute atomic E-state index is 0.134. The number of nitrogens with one attached hydrogen (secondary N) is 1.